The number of rotatable bonds is 7. The summed E-state index contributed by atoms with van der Waals surface area (Å²) in [7, 11) is 0. The lowest BCUT2D eigenvalue weighted by molar-refractivity contribution is 0.661. The van der Waals surface area contributed by atoms with Gasteiger partial charge in [0.25, 0.3) is 0 Å². The highest BCUT2D eigenvalue weighted by Crippen LogP contribution is 2.55. The summed E-state index contributed by atoms with van der Waals surface area (Å²) in [6.45, 7) is 14.0. The molecule has 0 atom stereocenters. The highest BCUT2D eigenvalue weighted by atomic mass is 32.1. The van der Waals surface area contributed by atoms with Crippen LogP contribution in [0.5, 0.6) is 0 Å². The summed E-state index contributed by atoms with van der Waals surface area (Å²) in [5.74, 6) is 2.21. The maximum absolute atomic E-state index is 6.39. The average Bonchev–Trinajstić information content (AvgIpc) is 1.56. The van der Waals surface area contributed by atoms with Crippen LogP contribution in [0.3, 0.4) is 0 Å². The third-order valence-electron chi connectivity index (χ3n) is 26.4. The van der Waals surface area contributed by atoms with Gasteiger partial charge in [-0.15, -0.1) is 22.7 Å². The molecule has 586 valence electrons. The SMILES string of the molecule is CC1(C)c2ccccc2-c2cc3c(-c4cccc(-c5nc(-c6ccccc6)c6sc7ccccc7c6n5)c4)cccc3cc21.CC1(C)c2ccccc2-c2cc3ccc(-c4nc(-c5ccccc5)c5sc6ccccc6c5n4)cc3cc21.CC1(C)c2ccccc2-c2ccc3cc(-c4nc(-c5ccc6ccccc6c5)c5oc6ccccc6c5n4)ccc3c21. The van der Waals surface area contributed by atoms with Crippen molar-refractivity contribution in [3.8, 4) is 112 Å². The zero-order chi connectivity index (χ0) is 82.8. The number of furan rings is 1. The fourth-order valence-electron chi connectivity index (χ4n) is 20.2. The molecule has 6 aromatic heterocycles. The normalized spacial score (nSPS) is 13.6. The zero-order valence-corrected chi connectivity index (χ0v) is 70.7. The summed E-state index contributed by atoms with van der Waals surface area (Å²) >= 11 is 3.54. The number of hydrogen-bond donors (Lipinski definition) is 0. The van der Waals surface area contributed by atoms with E-state index in [1.165, 1.54) is 141 Å². The van der Waals surface area contributed by atoms with Gasteiger partial charge in [-0.05, 0) is 194 Å². The molecule has 0 bridgehead atoms. The van der Waals surface area contributed by atoms with Crippen LogP contribution in [0.15, 0.2) is 368 Å². The molecular formula is C115H78N6OS2. The van der Waals surface area contributed by atoms with Crippen molar-refractivity contribution in [2.45, 2.75) is 57.8 Å². The molecule has 124 heavy (non-hydrogen) atoms. The van der Waals surface area contributed by atoms with Crippen molar-refractivity contribution < 1.29 is 4.42 Å². The van der Waals surface area contributed by atoms with Gasteiger partial charge in [0, 0.05) is 75.2 Å². The van der Waals surface area contributed by atoms with Crippen molar-refractivity contribution in [1.82, 2.24) is 29.9 Å². The van der Waals surface area contributed by atoms with Crippen LogP contribution in [-0.4, -0.2) is 29.9 Å². The molecule has 0 aliphatic heterocycles. The van der Waals surface area contributed by atoms with Gasteiger partial charge in [-0.1, -0.05) is 333 Å². The van der Waals surface area contributed by atoms with Crippen LogP contribution in [0.25, 0.3) is 218 Å². The standard InChI is InChI=1S/C41H28N2S.C39H26N2O.C35H24N2S/c1-41(2)34-20-8-6-17-30(34)33-24-32-27(23-35(33)41)15-11-19-29(32)26-14-10-16-28(22-26)40-42-37(25-12-4-3-5-13-25)39-38(43-40)31-18-7-9-21-36(31)44-39;1-39(2)32-13-7-5-11-29(32)30-20-17-25-22-27(18-19-28(25)34(30)39)38-40-35(26-16-15-23-9-3-4-10-24(23)21-26)37-36(41-38)31-12-6-8-14-33(31)42-37;1-35(2)28-14-8-6-12-25(28)27-19-22-16-17-23(18-24(22)20-29(27)35)34-36-31(21-10-4-3-5-11-21)33-32(37-34)26-13-7-9-15-30(26)38-33/h3-24H,1-2H3;3-22H,1-2H3;3-20H,1-2H3. The molecule has 0 saturated heterocycles. The van der Waals surface area contributed by atoms with Crippen LogP contribution in [0, 0.1) is 0 Å². The molecule has 23 aromatic rings. The number of para-hydroxylation sites is 1. The van der Waals surface area contributed by atoms with Crippen LogP contribution in [0.4, 0.5) is 0 Å². The quantitative estimate of drug-likeness (QED) is 0.157. The lowest BCUT2D eigenvalue weighted by atomic mass is 9.80. The molecule has 3 aliphatic rings. The molecule has 26 rings (SSSR count). The molecule has 0 N–H and O–H groups in total. The molecule has 7 nitrogen and oxygen atoms in total. The number of aromatic nitrogens is 6. The molecule has 0 unspecified atom stereocenters. The summed E-state index contributed by atoms with van der Waals surface area (Å²) in [5.41, 5.74) is 32.2. The van der Waals surface area contributed by atoms with Gasteiger partial charge in [0.15, 0.2) is 23.1 Å². The summed E-state index contributed by atoms with van der Waals surface area (Å²) in [5, 5.41) is 13.2. The van der Waals surface area contributed by atoms with E-state index < -0.39 is 0 Å². The highest BCUT2D eigenvalue weighted by Gasteiger charge is 2.39. The van der Waals surface area contributed by atoms with Gasteiger partial charge < -0.3 is 4.42 Å². The smallest absolute Gasteiger partial charge is 0.180 e. The van der Waals surface area contributed by atoms with E-state index in [1.54, 1.807) is 22.7 Å². The van der Waals surface area contributed by atoms with E-state index >= 15 is 0 Å². The predicted octanol–water partition coefficient (Wildman–Crippen LogP) is 31.3. The molecule has 0 spiro atoms. The van der Waals surface area contributed by atoms with E-state index in [-0.39, 0.29) is 16.2 Å². The fourth-order valence-corrected chi connectivity index (χ4v) is 22.5. The Kier molecular flexibility index (Phi) is 16.6. The number of fused-ring (bicyclic) bond motifs is 23. The first kappa shape index (κ1) is 73.2. The average molecular weight is 1620 g/mol. The summed E-state index contributed by atoms with van der Waals surface area (Å²) in [4.78, 5) is 31.1. The Morgan fingerprint density at radius 1 is 0.226 bits per heavy atom. The van der Waals surface area contributed by atoms with Crippen molar-refractivity contribution in [2.75, 3.05) is 0 Å². The third kappa shape index (κ3) is 11.7. The maximum Gasteiger partial charge on any atom is 0.180 e. The van der Waals surface area contributed by atoms with E-state index in [1.807, 2.05) is 18.2 Å². The molecule has 0 saturated carbocycles. The van der Waals surface area contributed by atoms with Crippen molar-refractivity contribution in [3.63, 3.8) is 0 Å². The highest BCUT2D eigenvalue weighted by molar-refractivity contribution is 7.26. The maximum atomic E-state index is 6.39. The molecule has 0 amide bonds. The number of thiophene rings is 2. The summed E-state index contributed by atoms with van der Waals surface area (Å²) < 4.78 is 11.1. The molecule has 3 aliphatic carbocycles. The Balaban J connectivity index is 0.000000105. The van der Waals surface area contributed by atoms with Gasteiger partial charge >= 0.3 is 0 Å². The molecule has 6 heterocycles. The Morgan fingerprint density at radius 3 is 1.31 bits per heavy atom. The van der Waals surface area contributed by atoms with Crippen LogP contribution < -0.4 is 0 Å². The molecule has 17 aromatic carbocycles. The number of benzene rings is 17. The summed E-state index contributed by atoms with van der Waals surface area (Å²) in [6.07, 6.45) is 0. The minimum atomic E-state index is -0.0681. The van der Waals surface area contributed by atoms with Gasteiger partial charge in [-0.25, -0.2) is 29.9 Å². The van der Waals surface area contributed by atoms with Gasteiger partial charge in [0.1, 0.15) is 16.8 Å². The minimum Gasteiger partial charge on any atom is -0.452 e. The van der Waals surface area contributed by atoms with Crippen molar-refractivity contribution in [1.29, 1.82) is 0 Å². The molecule has 9 heteroatoms. The first-order chi connectivity index (χ1) is 60.7. The predicted molar refractivity (Wildman–Crippen MR) is 520 cm³/mol. The minimum absolute atomic E-state index is 0.0195. The van der Waals surface area contributed by atoms with Crippen LogP contribution in [0.2, 0.25) is 0 Å². The fraction of sp³-hybridized carbons (Fsp3) is 0.0783. The Hall–Kier alpha value is -14.7. The van der Waals surface area contributed by atoms with E-state index in [2.05, 4.69) is 387 Å². The summed E-state index contributed by atoms with van der Waals surface area (Å²) in [6, 6.07) is 130. The molecule has 0 fully saturated rings. The van der Waals surface area contributed by atoms with E-state index in [4.69, 9.17) is 34.3 Å². The monoisotopic (exact) mass is 1620 g/mol. The first-order valence-electron chi connectivity index (χ1n) is 42.5. The van der Waals surface area contributed by atoms with Crippen molar-refractivity contribution in [3.05, 3.63) is 397 Å². The lowest BCUT2D eigenvalue weighted by Gasteiger charge is -2.23. The Bertz CT molecular complexity index is 8420. The first-order valence-corrected chi connectivity index (χ1v) is 44.2. The second-order valence-corrected chi connectivity index (χ2v) is 36.8. The Labute approximate surface area is 725 Å². The number of hydrogen-bond acceptors (Lipinski definition) is 9. The largest absolute Gasteiger partial charge is 0.452 e. The third-order valence-corrected chi connectivity index (χ3v) is 28.7. The topological polar surface area (TPSA) is 90.5 Å². The van der Waals surface area contributed by atoms with E-state index in [0.717, 1.165) is 99.0 Å². The molecule has 0 radical (unpaired) electrons. The van der Waals surface area contributed by atoms with Gasteiger partial charge in [0.2, 0.25) is 0 Å². The van der Waals surface area contributed by atoms with Crippen LogP contribution >= 0.6 is 22.7 Å². The van der Waals surface area contributed by atoms with Crippen LogP contribution in [-0.2, 0) is 16.2 Å². The number of nitrogens with zero attached hydrogens (tertiary/aromatic N) is 6. The zero-order valence-electron chi connectivity index (χ0n) is 69.0. The van der Waals surface area contributed by atoms with Gasteiger partial charge in [-0.2, -0.15) is 0 Å². The lowest BCUT2D eigenvalue weighted by Crippen LogP contribution is -2.15. The van der Waals surface area contributed by atoms with Crippen molar-refractivity contribution >= 4 is 128 Å². The second kappa shape index (κ2) is 28.2. The van der Waals surface area contributed by atoms with E-state index in [0.29, 0.717) is 11.4 Å². The van der Waals surface area contributed by atoms with Gasteiger partial charge in [-0.3, -0.25) is 0 Å². The van der Waals surface area contributed by atoms with E-state index in [9.17, 15) is 0 Å². The van der Waals surface area contributed by atoms with Gasteiger partial charge in [0.05, 0.1) is 31.8 Å². The second-order valence-electron chi connectivity index (χ2n) is 34.7. The Morgan fingerprint density at radius 2 is 0.653 bits per heavy atom. The van der Waals surface area contributed by atoms with Crippen LogP contribution in [0.1, 0.15) is 74.9 Å². The molecular weight excluding hydrogens is 1550 g/mol. The van der Waals surface area contributed by atoms with Crippen molar-refractivity contribution in [2.24, 2.45) is 0 Å².